The highest BCUT2D eigenvalue weighted by molar-refractivity contribution is 8.00. The van der Waals surface area contributed by atoms with Crippen LogP contribution < -0.4 is 50.2 Å². The molecule has 0 aromatic heterocycles. The van der Waals surface area contributed by atoms with Gasteiger partial charge in [0.1, 0.15) is 77.8 Å². The summed E-state index contributed by atoms with van der Waals surface area (Å²) in [7, 11) is 0. The Labute approximate surface area is 715 Å². The molecular weight excluding hydrogens is 1610 g/mol. The van der Waals surface area contributed by atoms with Crippen molar-refractivity contribution in [2.45, 2.75) is 160 Å². The van der Waals surface area contributed by atoms with Crippen LogP contribution in [0.25, 0.3) is 0 Å². The molecule has 7 atom stereocenters. The molecule has 660 valence electrons. The second kappa shape index (κ2) is 58.7. The van der Waals surface area contributed by atoms with Gasteiger partial charge in [0.05, 0.1) is 25.3 Å². The van der Waals surface area contributed by atoms with Crippen LogP contribution >= 0.6 is 11.8 Å². The number of rotatable bonds is 40. The molecule has 35 heteroatoms. The molecule has 0 fully saturated rings. The molecule has 7 rings (SSSR count). The zero-order chi connectivity index (χ0) is 93.0. The van der Waals surface area contributed by atoms with E-state index in [9.17, 15) is 76.7 Å². The quantitative estimate of drug-likeness (QED) is 0.0103. The Morgan fingerprint density at radius 2 is 0.667 bits per heavy atom. The summed E-state index contributed by atoms with van der Waals surface area (Å²) in [6.07, 6.45) is 6.09. The standard InChI is InChI=1S/C13H16N2O4.C13H16N2O3.C13H15NO4.C13H17NO3.C12H14N2O3.C12H15NO4.C12H15NO3S/c1-8(16)7-15-12(17)10-4-2-9(3-5-10)6-11(14)13(18)19;1-9(16)7-15-8-11-4-2-10(3-5-11)6-12(14)13(17)18;1-8(15)6-12(16)10-4-2-9(3-5-10)7-11(14)13(17)18;1-9(15)2-3-10-4-6-11(7-5-10)8-12(14)13(16)17;1-8(15)14-7-10-4-2-9(3-5-10)6-11(13)12(16)17;2*1-8(14)7-17-10-4-2-9(3-5-10)6-11(13)12(15)16/h2-5,11H,6-7,14H2,1H3,(H,15,17)(H,18,19);2-5,8,12H,6-7,14H2,1H3,(H,17,18);2-5,11H,6-7,14H2,1H3,(H,17,18);4-7,12H,2-3,8,14H2,1H3,(H,16,17);2-5,7,11H,6,13H2,1H3,(H,16,17);2*2-5,11H,6-7,13H2,1H3,(H,15,16). The number of carbonyl (C=O) groups is 16. The Bertz CT molecular complexity index is 4510. The number of hydrogen-bond donors (Lipinski definition) is 15. The van der Waals surface area contributed by atoms with Gasteiger partial charge in [-0.25, -0.2) is 4.99 Å². The summed E-state index contributed by atoms with van der Waals surface area (Å²) in [5.74, 6) is -7.05. The first-order valence-electron chi connectivity index (χ1n) is 37.8. The Kier molecular flexibility index (Phi) is 51.5. The molecular formula is C88H108N10O24S. The average molecular weight is 1720 g/mol. The molecule has 7 unspecified atom stereocenters. The lowest BCUT2D eigenvalue weighted by Crippen LogP contribution is -2.32. The van der Waals surface area contributed by atoms with Gasteiger partial charge in [0.25, 0.3) is 5.91 Å². The van der Waals surface area contributed by atoms with Crippen molar-refractivity contribution in [3.63, 3.8) is 0 Å². The highest BCUT2D eigenvalue weighted by Crippen LogP contribution is 2.20. The second-order valence-electron chi connectivity index (χ2n) is 27.8. The van der Waals surface area contributed by atoms with E-state index in [1.54, 1.807) is 129 Å². The number of aliphatic imine (C=N–C) groups is 2. The summed E-state index contributed by atoms with van der Waals surface area (Å²) in [6, 6.07) is 42.6. The summed E-state index contributed by atoms with van der Waals surface area (Å²) in [4.78, 5) is 181. The van der Waals surface area contributed by atoms with Crippen molar-refractivity contribution in [3.05, 3.63) is 237 Å². The Balaban J connectivity index is 0.000000718. The van der Waals surface area contributed by atoms with E-state index in [4.69, 9.17) is 80.6 Å². The topological polar surface area (TPSA) is 643 Å². The van der Waals surface area contributed by atoms with Gasteiger partial charge in [-0.15, -0.1) is 11.8 Å². The number of nitrogens with one attached hydrogen (secondary N) is 1. The molecule has 7 aromatic carbocycles. The maximum atomic E-state index is 11.6. The molecule has 0 saturated carbocycles. The maximum Gasteiger partial charge on any atom is 0.320 e. The van der Waals surface area contributed by atoms with Gasteiger partial charge in [0.15, 0.2) is 17.3 Å². The van der Waals surface area contributed by atoms with Crippen molar-refractivity contribution in [1.29, 1.82) is 0 Å². The van der Waals surface area contributed by atoms with Crippen molar-refractivity contribution in [1.82, 2.24) is 5.32 Å². The molecule has 0 heterocycles. The maximum absolute atomic E-state index is 11.6. The lowest BCUT2D eigenvalue weighted by atomic mass is 10.0. The number of amides is 2. The van der Waals surface area contributed by atoms with Crippen LogP contribution in [0.2, 0.25) is 0 Å². The third-order valence-electron chi connectivity index (χ3n) is 16.2. The molecule has 34 nitrogen and oxygen atoms in total. The first-order valence-corrected chi connectivity index (χ1v) is 38.8. The minimum Gasteiger partial charge on any atom is -0.486 e. The van der Waals surface area contributed by atoms with Crippen molar-refractivity contribution >= 4 is 118 Å². The van der Waals surface area contributed by atoms with Crippen molar-refractivity contribution < 1.29 is 117 Å². The van der Waals surface area contributed by atoms with Crippen LogP contribution in [0.3, 0.4) is 0 Å². The highest BCUT2D eigenvalue weighted by Gasteiger charge is 2.19. The van der Waals surface area contributed by atoms with Crippen LogP contribution in [-0.2, 0) is 118 Å². The number of carboxylic acid groups (broad SMARTS) is 7. The fourth-order valence-electron chi connectivity index (χ4n) is 9.54. The third-order valence-corrected chi connectivity index (χ3v) is 17.4. The molecule has 123 heavy (non-hydrogen) atoms. The van der Waals surface area contributed by atoms with Crippen LogP contribution in [0.15, 0.2) is 185 Å². The van der Waals surface area contributed by atoms with E-state index in [-0.39, 0.29) is 104 Å². The molecule has 0 aliphatic carbocycles. The van der Waals surface area contributed by atoms with Gasteiger partial charge in [0.2, 0.25) is 5.91 Å². The van der Waals surface area contributed by atoms with Crippen LogP contribution in [-0.4, -0.2) is 210 Å². The number of ketones is 7. The number of aryl methyl sites for hydroxylation is 1. The van der Waals surface area contributed by atoms with Gasteiger partial charge in [-0.2, -0.15) is 0 Å². The number of nitrogens with two attached hydrogens (primary N) is 7. The number of ether oxygens (including phenoxy) is 1. The number of carboxylic acids is 7. The van der Waals surface area contributed by atoms with Gasteiger partial charge >= 0.3 is 41.8 Å². The predicted molar refractivity (Wildman–Crippen MR) is 461 cm³/mol. The first-order chi connectivity index (χ1) is 57.7. The Morgan fingerprint density at radius 3 is 0.967 bits per heavy atom. The molecule has 0 spiro atoms. The monoisotopic (exact) mass is 1720 g/mol. The third kappa shape index (κ3) is 51.2. The second-order valence-corrected chi connectivity index (χ2v) is 28.9. The summed E-state index contributed by atoms with van der Waals surface area (Å²) in [6.45, 7) is 10.4. The summed E-state index contributed by atoms with van der Waals surface area (Å²) >= 11 is 1.47. The average Bonchev–Trinajstić information content (AvgIpc) is 0.906. The SMILES string of the molecule is CC(=O)CC(=O)c1ccc(CC(N)C(=O)O)cc1.CC(=O)CCc1ccc(CC(N)C(=O)O)cc1.CC(=O)CN=Cc1ccc(CC(N)C(=O)O)cc1.CC(=O)CNC(=O)c1ccc(CC(N)C(=O)O)cc1.CC(=O)COc1ccc(CC(N)C(=O)O)cc1.CC(=O)CSc1ccc(CC(N)C(=O)O)cc1.CC(=O)N=Cc1ccc(CC(N)C(=O)O)cc1. The summed E-state index contributed by atoms with van der Waals surface area (Å²) < 4.78 is 5.18. The Hall–Kier alpha value is -13.1. The highest BCUT2D eigenvalue weighted by atomic mass is 32.2. The van der Waals surface area contributed by atoms with E-state index < -0.39 is 84.1 Å². The minimum absolute atomic E-state index is 0.00945. The lowest BCUT2D eigenvalue weighted by Gasteiger charge is -2.08. The van der Waals surface area contributed by atoms with E-state index in [0.29, 0.717) is 48.3 Å². The van der Waals surface area contributed by atoms with Gasteiger partial charge in [0, 0.05) is 41.8 Å². The summed E-state index contributed by atoms with van der Waals surface area (Å²) in [5.41, 5.74) is 47.3. The number of Topliss-reactive ketones (excluding diaryl/α,β-unsaturated/α-hetero) is 7. The Morgan fingerprint density at radius 1 is 0.358 bits per heavy atom. The number of thioether (sulfide) groups is 1. The molecule has 0 aliphatic heterocycles. The predicted octanol–water partition coefficient (Wildman–Crippen LogP) is 5.11. The van der Waals surface area contributed by atoms with E-state index in [1.807, 2.05) is 60.7 Å². The zero-order valence-electron chi connectivity index (χ0n) is 69.2. The molecule has 0 saturated heterocycles. The largest absolute Gasteiger partial charge is 0.486 e. The first kappa shape index (κ1) is 108. The zero-order valence-corrected chi connectivity index (χ0v) is 70.0. The van der Waals surface area contributed by atoms with Crippen molar-refractivity contribution in [2.75, 3.05) is 25.4 Å². The van der Waals surface area contributed by atoms with E-state index in [1.165, 1.54) is 52.6 Å². The van der Waals surface area contributed by atoms with Crippen LogP contribution in [0.5, 0.6) is 5.75 Å². The fourth-order valence-corrected chi connectivity index (χ4v) is 10.2. The molecule has 22 N–H and O–H groups in total. The number of nitrogens with zero attached hydrogens (tertiary/aromatic N) is 2. The lowest BCUT2D eigenvalue weighted by molar-refractivity contribution is -0.139. The normalized spacial score (nSPS) is 12.1. The minimum atomic E-state index is -1.07. The van der Waals surface area contributed by atoms with E-state index in [0.717, 1.165) is 67.0 Å². The van der Waals surface area contributed by atoms with Crippen LogP contribution in [0.4, 0.5) is 0 Å². The van der Waals surface area contributed by atoms with E-state index >= 15 is 0 Å². The molecule has 2 amide bonds. The molecule has 7 aromatic rings. The number of aliphatic carboxylic acids is 7. The molecule has 0 aliphatic rings. The molecule has 0 radical (unpaired) electrons. The van der Waals surface area contributed by atoms with Crippen molar-refractivity contribution in [3.8, 4) is 5.75 Å². The van der Waals surface area contributed by atoms with Crippen molar-refractivity contribution in [2.24, 2.45) is 50.1 Å². The number of benzene rings is 7. The van der Waals surface area contributed by atoms with Gasteiger partial charge in [-0.3, -0.25) is 76.9 Å². The fraction of sp³-hybridized carbons (Fsp3) is 0.318. The summed E-state index contributed by atoms with van der Waals surface area (Å²) in [5, 5.41) is 63.2. The van der Waals surface area contributed by atoms with Gasteiger partial charge in [-0.1, -0.05) is 133 Å². The van der Waals surface area contributed by atoms with Gasteiger partial charge in [-0.05, 0) is 185 Å². The van der Waals surface area contributed by atoms with E-state index in [2.05, 4.69) is 15.3 Å². The van der Waals surface area contributed by atoms with Crippen LogP contribution in [0, 0.1) is 0 Å². The van der Waals surface area contributed by atoms with Gasteiger partial charge < -0.3 is 90.7 Å². The molecule has 0 bridgehead atoms. The number of carbonyl (C=O) groups excluding carboxylic acids is 9. The smallest absolute Gasteiger partial charge is 0.320 e. The van der Waals surface area contributed by atoms with Crippen LogP contribution in [0.1, 0.15) is 138 Å². The number of hydrogen-bond acceptors (Lipinski definition) is 26.